The Kier molecular flexibility index (Phi) is 8.42. The van der Waals surface area contributed by atoms with Crippen LogP contribution in [0.1, 0.15) is 11.5 Å². The second-order valence-electron chi connectivity index (χ2n) is 18.7. The fourth-order valence-electron chi connectivity index (χ4n) is 12.0. The van der Waals surface area contributed by atoms with Crippen molar-refractivity contribution in [2.45, 2.75) is 12.0 Å². The molecular weight excluding hydrogens is 851 g/mol. The van der Waals surface area contributed by atoms with E-state index in [4.69, 9.17) is 4.98 Å². The van der Waals surface area contributed by atoms with Crippen LogP contribution in [0.3, 0.4) is 0 Å². The van der Waals surface area contributed by atoms with E-state index in [1.807, 2.05) is 0 Å². The molecule has 5 heterocycles. The number of anilines is 2. The van der Waals surface area contributed by atoms with E-state index < -0.39 is 0 Å². The van der Waals surface area contributed by atoms with E-state index in [0.29, 0.717) is 0 Å². The zero-order valence-electron chi connectivity index (χ0n) is 38.1. The van der Waals surface area contributed by atoms with E-state index >= 15 is 0 Å². The molecule has 9 aromatic carbocycles. The highest BCUT2D eigenvalue weighted by Gasteiger charge is 2.39. The van der Waals surface area contributed by atoms with E-state index in [0.717, 1.165) is 34.0 Å². The largest absolute Gasteiger partial charge is 0.318 e. The van der Waals surface area contributed by atoms with Gasteiger partial charge in [-0.1, -0.05) is 176 Å². The average molecular weight is 894 g/mol. The number of fused-ring (bicyclic) bond motifs is 13. The number of nitrogens with zero attached hydrogens (tertiary/aromatic N) is 5. The molecule has 13 aromatic rings. The van der Waals surface area contributed by atoms with Gasteiger partial charge in [0.05, 0.1) is 39.0 Å². The smallest absolute Gasteiger partial charge is 0.140 e. The summed E-state index contributed by atoms with van der Waals surface area (Å²) in [5, 5.41) is 8.54. The van der Waals surface area contributed by atoms with Gasteiger partial charge in [0.15, 0.2) is 0 Å². The second-order valence-corrected chi connectivity index (χ2v) is 18.7. The van der Waals surface area contributed by atoms with Gasteiger partial charge in [0.2, 0.25) is 0 Å². The number of rotatable bonds is 6. The number of hydrogen-bond acceptors (Lipinski definition) is 2. The highest BCUT2D eigenvalue weighted by molar-refractivity contribution is 6.23. The average Bonchev–Trinajstić information content (AvgIpc) is 4.16. The first-order valence-corrected chi connectivity index (χ1v) is 24.2. The maximum Gasteiger partial charge on any atom is 0.140 e. The second kappa shape index (κ2) is 15.2. The number of aromatic nitrogens is 4. The first kappa shape index (κ1) is 38.9. The minimum Gasteiger partial charge on any atom is -0.318 e. The molecule has 2 atom stereocenters. The van der Waals surface area contributed by atoms with Crippen molar-refractivity contribution >= 4 is 78.2 Å². The summed E-state index contributed by atoms with van der Waals surface area (Å²) in [4.78, 5) is 8.23. The van der Waals surface area contributed by atoms with Crippen molar-refractivity contribution in [3.63, 3.8) is 0 Å². The van der Waals surface area contributed by atoms with Gasteiger partial charge in [-0.05, 0) is 101 Å². The van der Waals surface area contributed by atoms with Crippen molar-refractivity contribution in [3.8, 4) is 39.4 Å². The summed E-state index contributed by atoms with van der Waals surface area (Å²) >= 11 is 0. The van der Waals surface area contributed by atoms with Crippen LogP contribution in [0.15, 0.2) is 237 Å². The third-order valence-electron chi connectivity index (χ3n) is 14.9. The Hall–Kier alpha value is -9.19. The van der Waals surface area contributed by atoms with Crippen LogP contribution in [0.25, 0.3) is 106 Å². The molecule has 0 fully saturated rings. The Bertz CT molecular complexity index is 4310. The first-order chi connectivity index (χ1) is 34.7. The van der Waals surface area contributed by atoms with Crippen LogP contribution in [-0.4, -0.2) is 24.7 Å². The molecule has 0 spiro atoms. The van der Waals surface area contributed by atoms with E-state index in [1.165, 1.54) is 87.6 Å². The van der Waals surface area contributed by atoms with Gasteiger partial charge in [0, 0.05) is 55.1 Å². The maximum atomic E-state index is 5.74. The third-order valence-corrected chi connectivity index (χ3v) is 14.9. The Morgan fingerprint density at radius 2 is 0.871 bits per heavy atom. The van der Waals surface area contributed by atoms with E-state index in [1.54, 1.807) is 0 Å². The first-order valence-electron chi connectivity index (χ1n) is 24.2. The van der Waals surface area contributed by atoms with Gasteiger partial charge in [-0.3, -0.25) is 4.57 Å². The van der Waals surface area contributed by atoms with Gasteiger partial charge in [-0.2, -0.15) is 0 Å². The fourth-order valence-corrected chi connectivity index (χ4v) is 12.0. The number of pyridine rings is 1. The van der Waals surface area contributed by atoms with Gasteiger partial charge in [0.25, 0.3) is 0 Å². The molecule has 0 radical (unpaired) electrons. The maximum absolute atomic E-state index is 5.74. The number of benzene rings is 9. The molecule has 0 amide bonds. The third kappa shape index (κ3) is 5.69. The summed E-state index contributed by atoms with van der Waals surface area (Å²) in [6, 6.07) is 85.9. The lowest BCUT2D eigenvalue weighted by atomic mass is 9.90. The lowest BCUT2D eigenvalue weighted by Gasteiger charge is -2.28. The Balaban J connectivity index is 0.947. The molecule has 5 heteroatoms. The Morgan fingerprint density at radius 3 is 1.54 bits per heavy atom. The molecule has 1 aliphatic heterocycles. The van der Waals surface area contributed by atoms with Gasteiger partial charge >= 0.3 is 0 Å². The summed E-state index contributed by atoms with van der Waals surface area (Å²) < 4.78 is 7.34. The van der Waals surface area contributed by atoms with Crippen LogP contribution in [0, 0.1) is 0 Å². The summed E-state index contributed by atoms with van der Waals surface area (Å²) in [5.74, 6) is 1.88. The molecule has 2 unspecified atom stereocenters. The standard InChI is InChI=1S/C65H43N5/c1-4-19-42(20-5-1)44-37-45(43-21-6-2-7-22-43)39-47(38-44)67-56-29-14-12-27-50(56)54-41-61-55(40-60(54)67)51-28-13-16-31-58(51)69(61)62-33-18-34-63(66-62)70-59-32-17-11-26-49(59)53-36-35-52-48-25-10-15-30-57(48)68(64(52)65(53)70)46-23-8-3-9-24-46/h1-41,55,61H. The molecule has 70 heavy (non-hydrogen) atoms. The Labute approximate surface area is 404 Å². The van der Waals surface area contributed by atoms with Gasteiger partial charge in [-0.15, -0.1) is 0 Å². The zero-order valence-corrected chi connectivity index (χ0v) is 38.1. The lowest BCUT2D eigenvalue weighted by Crippen LogP contribution is -2.40. The van der Waals surface area contributed by atoms with Crippen LogP contribution in [0.5, 0.6) is 0 Å². The summed E-state index contributed by atoms with van der Waals surface area (Å²) in [6.45, 7) is 0. The Morgan fingerprint density at radius 1 is 0.343 bits per heavy atom. The molecule has 4 aromatic heterocycles. The highest BCUT2D eigenvalue weighted by atomic mass is 15.3. The van der Waals surface area contributed by atoms with Crippen molar-refractivity contribution in [1.29, 1.82) is 0 Å². The molecular formula is C65H43N5. The predicted molar refractivity (Wildman–Crippen MR) is 290 cm³/mol. The molecule has 1 aliphatic carbocycles. The van der Waals surface area contributed by atoms with Crippen LogP contribution in [0.2, 0.25) is 0 Å². The molecule has 5 nitrogen and oxygen atoms in total. The van der Waals surface area contributed by atoms with Crippen molar-refractivity contribution in [2.75, 3.05) is 4.90 Å². The molecule has 0 saturated heterocycles. The minimum absolute atomic E-state index is 0.00657. The lowest BCUT2D eigenvalue weighted by molar-refractivity contribution is 0.787. The molecule has 2 aliphatic rings. The summed E-state index contributed by atoms with van der Waals surface area (Å²) in [5.41, 5.74) is 15.3. The van der Waals surface area contributed by atoms with Gasteiger partial charge < -0.3 is 14.0 Å². The minimum atomic E-state index is -0.00657. The quantitative estimate of drug-likeness (QED) is 0.167. The van der Waals surface area contributed by atoms with E-state index in [-0.39, 0.29) is 12.0 Å². The van der Waals surface area contributed by atoms with Crippen molar-refractivity contribution in [1.82, 2.24) is 18.7 Å². The van der Waals surface area contributed by atoms with Crippen LogP contribution in [-0.2, 0) is 0 Å². The molecule has 0 saturated carbocycles. The van der Waals surface area contributed by atoms with Gasteiger partial charge in [0.1, 0.15) is 11.6 Å². The van der Waals surface area contributed by atoms with Crippen LogP contribution >= 0.6 is 0 Å². The topological polar surface area (TPSA) is 30.9 Å². The van der Waals surface area contributed by atoms with Crippen molar-refractivity contribution in [3.05, 3.63) is 253 Å². The predicted octanol–water partition coefficient (Wildman–Crippen LogP) is 14.4. The zero-order chi connectivity index (χ0) is 45.9. The highest BCUT2D eigenvalue weighted by Crippen LogP contribution is 2.48. The monoisotopic (exact) mass is 893 g/mol. The van der Waals surface area contributed by atoms with Crippen LogP contribution in [0.4, 0.5) is 11.5 Å². The van der Waals surface area contributed by atoms with E-state index in [9.17, 15) is 0 Å². The van der Waals surface area contributed by atoms with E-state index in [2.05, 4.69) is 267 Å². The molecule has 0 bridgehead atoms. The molecule has 15 rings (SSSR count). The summed E-state index contributed by atoms with van der Waals surface area (Å²) in [6.07, 6.45) is 5.06. The van der Waals surface area contributed by atoms with Crippen molar-refractivity contribution < 1.29 is 0 Å². The summed E-state index contributed by atoms with van der Waals surface area (Å²) in [7, 11) is 0. The van der Waals surface area contributed by atoms with Crippen LogP contribution < -0.4 is 15.5 Å². The number of hydrogen-bond donors (Lipinski definition) is 0. The van der Waals surface area contributed by atoms with Crippen molar-refractivity contribution in [2.24, 2.45) is 0 Å². The fraction of sp³-hybridized carbons (Fsp3) is 0.0308. The SMILES string of the molecule is C1=c2c(n(-c3cc(-c4ccccc4)cc(-c4ccccc4)c3)c3ccccc23)=CC2c3ccccc3N(c3cccc(-n4c5ccccc5c5ccc6c7ccccc7n(-c7ccccc7)c6c54)n3)C12. The number of para-hydroxylation sites is 5. The molecule has 0 N–H and O–H groups in total. The normalized spacial score (nSPS) is 15.1. The van der Waals surface area contributed by atoms with Gasteiger partial charge in [-0.25, -0.2) is 4.98 Å². The molecule has 328 valence electrons.